The Kier molecular flexibility index (Phi) is 5.26. The Hall–Kier alpha value is -3.10. The topological polar surface area (TPSA) is 92.4 Å². The lowest BCUT2D eigenvalue weighted by Gasteiger charge is -2.14. The summed E-state index contributed by atoms with van der Waals surface area (Å²) in [5, 5.41) is 5.41. The first-order valence-corrected chi connectivity index (χ1v) is 7.15. The second kappa shape index (κ2) is 7.20. The molecule has 132 valence electrons. The van der Waals surface area contributed by atoms with E-state index in [0.717, 1.165) is 12.1 Å². The normalized spacial score (nSPS) is 12.0. The third kappa shape index (κ3) is 3.87. The number of hydrogen-bond acceptors (Lipinski definition) is 5. The molecule has 0 aliphatic rings. The van der Waals surface area contributed by atoms with Crippen LogP contribution in [0.25, 0.3) is 0 Å². The summed E-state index contributed by atoms with van der Waals surface area (Å²) < 4.78 is 38.8. The maximum atomic E-state index is 12.9. The molecule has 25 heavy (non-hydrogen) atoms. The summed E-state index contributed by atoms with van der Waals surface area (Å²) in [6, 6.07) is 6.82. The summed E-state index contributed by atoms with van der Waals surface area (Å²) in [5.41, 5.74) is 6.57. The van der Waals surface area contributed by atoms with Gasteiger partial charge >= 0.3 is 6.18 Å². The van der Waals surface area contributed by atoms with Crippen LogP contribution in [0.2, 0.25) is 0 Å². The lowest BCUT2D eigenvalue weighted by molar-refractivity contribution is -0.141. The molecule has 9 heteroatoms. The van der Waals surface area contributed by atoms with E-state index >= 15 is 0 Å². The summed E-state index contributed by atoms with van der Waals surface area (Å²) in [7, 11) is 3.09. The molecule has 2 rings (SSSR count). The minimum Gasteiger partial charge on any atom is -0.397 e. The largest absolute Gasteiger partial charge is 0.433 e. The average molecular weight is 351 g/mol. The summed E-state index contributed by atoms with van der Waals surface area (Å²) in [4.78, 5) is 18.3. The van der Waals surface area contributed by atoms with Crippen molar-refractivity contribution in [3.8, 4) is 0 Å². The molecule has 0 saturated carbocycles. The lowest BCUT2D eigenvalue weighted by Crippen LogP contribution is -2.15. The number of hydrogen-bond donors (Lipinski definition) is 3. The summed E-state index contributed by atoms with van der Waals surface area (Å²) in [6.07, 6.45) is -4.06. The average Bonchev–Trinajstić information content (AvgIpc) is 2.57. The molecule has 0 aliphatic carbocycles. The van der Waals surface area contributed by atoms with Crippen molar-refractivity contribution in [2.24, 2.45) is 4.99 Å². The molecule has 1 heterocycles. The Morgan fingerprint density at radius 3 is 2.52 bits per heavy atom. The van der Waals surface area contributed by atoms with Gasteiger partial charge in [-0.15, -0.1) is 0 Å². The lowest BCUT2D eigenvalue weighted by atomic mass is 10.0. The van der Waals surface area contributed by atoms with Crippen molar-refractivity contribution in [1.82, 2.24) is 4.98 Å². The van der Waals surface area contributed by atoms with Crippen molar-refractivity contribution in [3.05, 3.63) is 47.3 Å². The fourth-order valence-corrected chi connectivity index (χ4v) is 2.28. The highest BCUT2D eigenvalue weighted by Crippen LogP contribution is 2.30. The number of pyridine rings is 1. The van der Waals surface area contributed by atoms with Gasteiger partial charge in [0.15, 0.2) is 0 Å². The highest BCUT2D eigenvalue weighted by molar-refractivity contribution is 6.15. The Morgan fingerprint density at radius 2 is 1.96 bits per heavy atom. The number of alkyl halides is 3. The second-order valence-corrected chi connectivity index (χ2v) is 4.98. The number of nitrogens with two attached hydrogens (primary N) is 1. The van der Waals surface area contributed by atoms with Crippen LogP contribution >= 0.6 is 0 Å². The van der Waals surface area contributed by atoms with E-state index in [9.17, 15) is 18.0 Å². The van der Waals surface area contributed by atoms with Crippen LogP contribution in [0.4, 0.5) is 30.2 Å². The van der Waals surface area contributed by atoms with Gasteiger partial charge in [-0.2, -0.15) is 13.2 Å². The molecule has 0 bridgehead atoms. The summed E-state index contributed by atoms with van der Waals surface area (Å²) in [5.74, 6) is 0. The number of carbonyl (C=O) groups excluding carboxylic acids is 1. The van der Waals surface area contributed by atoms with Gasteiger partial charge in [0.05, 0.1) is 22.8 Å². The number of anilines is 3. The van der Waals surface area contributed by atoms with E-state index in [1.54, 1.807) is 25.2 Å². The molecule has 1 aromatic carbocycles. The molecule has 0 unspecified atom stereocenters. The molecule has 0 radical (unpaired) electrons. The van der Waals surface area contributed by atoms with Crippen LogP contribution in [0, 0.1) is 0 Å². The fraction of sp³-hybridized carbons (Fsp3) is 0.188. The highest BCUT2D eigenvalue weighted by atomic mass is 19.4. The third-order valence-corrected chi connectivity index (χ3v) is 3.44. The fourth-order valence-electron chi connectivity index (χ4n) is 2.28. The number of aromatic nitrogens is 1. The van der Waals surface area contributed by atoms with Gasteiger partial charge in [0.25, 0.3) is 0 Å². The molecule has 0 atom stereocenters. The predicted molar refractivity (Wildman–Crippen MR) is 90.9 cm³/mol. The minimum absolute atomic E-state index is 0.0597. The summed E-state index contributed by atoms with van der Waals surface area (Å²) >= 11 is 0. The number of amides is 1. The number of benzene rings is 1. The van der Waals surface area contributed by atoms with Crippen LogP contribution < -0.4 is 16.4 Å². The maximum Gasteiger partial charge on any atom is 0.433 e. The van der Waals surface area contributed by atoms with E-state index < -0.39 is 11.9 Å². The van der Waals surface area contributed by atoms with Gasteiger partial charge in [-0.3, -0.25) is 9.79 Å². The second-order valence-electron chi connectivity index (χ2n) is 4.98. The van der Waals surface area contributed by atoms with Gasteiger partial charge in [-0.25, -0.2) is 4.98 Å². The zero-order valence-electron chi connectivity index (χ0n) is 13.5. The third-order valence-electron chi connectivity index (χ3n) is 3.44. The molecule has 4 N–H and O–H groups in total. The van der Waals surface area contributed by atoms with Crippen LogP contribution in [0.15, 0.2) is 35.3 Å². The van der Waals surface area contributed by atoms with E-state index in [2.05, 4.69) is 20.6 Å². The minimum atomic E-state index is -4.59. The summed E-state index contributed by atoms with van der Waals surface area (Å²) in [6.45, 7) is 0. The molecule has 0 spiro atoms. The zero-order chi connectivity index (χ0) is 18.6. The van der Waals surface area contributed by atoms with E-state index in [1.165, 1.54) is 7.05 Å². The molecule has 1 amide bonds. The van der Waals surface area contributed by atoms with Crippen molar-refractivity contribution >= 4 is 29.2 Å². The number of nitrogens with zero attached hydrogens (tertiary/aromatic N) is 2. The smallest absolute Gasteiger partial charge is 0.397 e. The zero-order valence-corrected chi connectivity index (χ0v) is 13.5. The van der Waals surface area contributed by atoms with Gasteiger partial charge in [0.1, 0.15) is 11.4 Å². The number of carbonyl (C=O) groups is 1. The predicted octanol–water partition coefficient (Wildman–Crippen LogP) is 2.76. The molecule has 0 saturated heterocycles. The molecule has 0 fully saturated rings. The molecule has 1 aromatic heterocycles. The standard InChI is InChI=1S/C16H16F3N5O/c1-21-12-7-9(3-5-11(12)23-8-25)14(22-2)15-10(20)4-6-13(24-15)16(17,18)19/h3-8,21H,20H2,1-2H3,(H,23,25). The number of halogens is 3. The molecule has 0 aliphatic heterocycles. The van der Waals surface area contributed by atoms with E-state index in [0.29, 0.717) is 23.3 Å². The van der Waals surface area contributed by atoms with Gasteiger partial charge in [-0.1, -0.05) is 6.07 Å². The first kappa shape index (κ1) is 18.2. The van der Waals surface area contributed by atoms with Crippen molar-refractivity contribution in [2.75, 3.05) is 30.5 Å². The van der Waals surface area contributed by atoms with Gasteiger partial charge in [0, 0.05) is 19.7 Å². The van der Waals surface area contributed by atoms with E-state index in [1.807, 2.05) is 0 Å². The highest BCUT2D eigenvalue weighted by Gasteiger charge is 2.33. The number of rotatable bonds is 5. The van der Waals surface area contributed by atoms with Gasteiger partial charge < -0.3 is 16.4 Å². The van der Waals surface area contributed by atoms with Crippen LogP contribution in [-0.2, 0) is 11.0 Å². The van der Waals surface area contributed by atoms with Crippen LogP contribution in [0.3, 0.4) is 0 Å². The first-order chi connectivity index (χ1) is 11.8. The van der Waals surface area contributed by atoms with E-state index in [-0.39, 0.29) is 17.1 Å². The van der Waals surface area contributed by atoms with Gasteiger partial charge in [0.2, 0.25) is 6.41 Å². The molecular formula is C16H16F3N5O. The van der Waals surface area contributed by atoms with Gasteiger partial charge in [-0.05, 0) is 24.3 Å². The Labute approximate surface area is 142 Å². The monoisotopic (exact) mass is 351 g/mol. The maximum absolute atomic E-state index is 12.9. The SMILES string of the molecule is CN=C(c1ccc(NC=O)c(NC)c1)c1nc(C(F)(F)F)ccc1N. The van der Waals surface area contributed by atoms with E-state index in [4.69, 9.17) is 5.73 Å². The number of aliphatic imine (C=N–C) groups is 1. The van der Waals surface area contributed by atoms with Crippen LogP contribution in [0.5, 0.6) is 0 Å². The quantitative estimate of drug-likeness (QED) is 0.570. The first-order valence-electron chi connectivity index (χ1n) is 7.15. The molecular weight excluding hydrogens is 335 g/mol. The Balaban J connectivity index is 2.56. The van der Waals surface area contributed by atoms with Crippen molar-refractivity contribution in [1.29, 1.82) is 0 Å². The number of nitrogens with one attached hydrogen (secondary N) is 2. The molecule has 6 nitrogen and oxygen atoms in total. The van der Waals surface area contributed by atoms with Crippen molar-refractivity contribution in [2.45, 2.75) is 6.18 Å². The molecule has 2 aromatic rings. The van der Waals surface area contributed by atoms with Crippen molar-refractivity contribution in [3.63, 3.8) is 0 Å². The Bertz CT molecular complexity index is 818. The number of nitrogen functional groups attached to an aromatic ring is 1. The Morgan fingerprint density at radius 1 is 1.24 bits per heavy atom. The van der Waals surface area contributed by atoms with Crippen molar-refractivity contribution < 1.29 is 18.0 Å². The van der Waals surface area contributed by atoms with Crippen LogP contribution in [0.1, 0.15) is 17.0 Å². The van der Waals surface area contributed by atoms with Crippen LogP contribution in [-0.4, -0.2) is 31.2 Å².